The van der Waals surface area contributed by atoms with Crippen molar-refractivity contribution in [1.29, 1.82) is 0 Å². The highest BCUT2D eigenvalue weighted by atomic mass is 15.2. The fourth-order valence-electron chi connectivity index (χ4n) is 12.0. The predicted molar refractivity (Wildman–Crippen MR) is 320 cm³/mol. The van der Waals surface area contributed by atoms with E-state index in [4.69, 9.17) is 39.9 Å². The van der Waals surface area contributed by atoms with Crippen molar-refractivity contribution >= 4 is 98.8 Å². The molecule has 0 bridgehead atoms. The van der Waals surface area contributed by atoms with Crippen molar-refractivity contribution in [2.24, 2.45) is 0 Å². The van der Waals surface area contributed by atoms with E-state index in [2.05, 4.69) is 139 Å². The van der Waals surface area contributed by atoms with E-state index in [1.165, 1.54) is 0 Å². The molecule has 0 aliphatic heterocycles. The van der Waals surface area contributed by atoms with Gasteiger partial charge in [-0.25, -0.2) is 19.9 Å². The monoisotopic (exact) mass is 1020 g/mol. The highest BCUT2D eigenvalue weighted by molar-refractivity contribution is 6.29. The van der Waals surface area contributed by atoms with Gasteiger partial charge in [0, 0.05) is 43.8 Å². The van der Waals surface area contributed by atoms with E-state index in [-0.39, 0.29) is 0 Å². The molecule has 0 saturated carbocycles. The van der Waals surface area contributed by atoms with E-state index >= 15 is 0 Å². The van der Waals surface area contributed by atoms with Crippen LogP contribution in [0.25, 0.3) is 156 Å². The molecule has 12 heteroatoms. The zero-order valence-electron chi connectivity index (χ0n) is 42.5. The number of fused-ring (bicyclic) bond motifs is 20. The number of benzene rings is 10. The summed E-state index contributed by atoms with van der Waals surface area (Å²) < 4.78 is 9.06. The Morgan fingerprint density at radius 3 is 0.875 bits per heavy atom. The average Bonchev–Trinajstić information content (AvgIpc) is 4.45. The second kappa shape index (κ2) is 17.1. The van der Waals surface area contributed by atoms with Gasteiger partial charge in [-0.1, -0.05) is 182 Å². The third-order valence-electron chi connectivity index (χ3n) is 15.5. The summed E-state index contributed by atoms with van der Waals surface area (Å²) in [6.07, 6.45) is 0. The standard InChI is InChI=1S/C68H40N12/c1-5-21-41(22-6-1)61-71-62(42-23-7-2-8-24-42)74-67(73-61)79-49-33-17-13-29-45(49)57-53(79)37-39-55-59(57)65-69-47-31-15-20-36-52(47)78(65)56-40-38-54-58(60(56)66-70-48-32-16-19-35-51(48)77(55)66)46-30-14-18-34-50(46)80(54)68-75-63(43-25-9-3-10-26-43)72-64(76-68)44-27-11-4-12-28-44/h1-40H. The Bertz CT molecular complexity index is 4960. The van der Waals surface area contributed by atoms with Gasteiger partial charge in [-0.3, -0.25) is 17.9 Å². The summed E-state index contributed by atoms with van der Waals surface area (Å²) in [4.78, 5) is 42.8. The lowest BCUT2D eigenvalue weighted by atomic mass is 10.1. The topological polar surface area (TPSA) is 122 Å². The van der Waals surface area contributed by atoms with Gasteiger partial charge in [0.05, 0.1) is 65.9 Å². The molecular formula is C68H40N12. The van der Waals surface area contributed by atoms with E-state index in [0.717, 1.165) is 121 Å². The summed E-state index contributed by atoms with van der Waals surface area (Å²) in [7, 11) is 0. The van der Waals surface area contributed by atoms with Crippen molar-refractivity contribution in [1.82, 2.24) is 57.8 Å². The zero-order valence-corrected chi connectivity index (χ0v) is 42.5. The first-order valence-corrected chi connectivity index (χ1v) is 26.5. The molecule has 7 heterocycles. The maximum Gasteiger partial charge on any atom is 0.238 e. The maximum atomic E-state index is 5.70. The van der Waals surface area contributed by atoms with Gasteiger partial charge in [0.1, 0.15) is 11.3 Å². The third kappa shape index (κ3) is 6.50. The third-order valence-corrected chi connectivity index (χ3v) is 15.5. The lowest BCUT2D eigenvalue weighted by molar-refractivity contribution is 0.953. The Kier molecular flexibility index (Phi) is 9.41. The van der Waals surface area contributed by atoms with Crippen molar-refractivity contribution in [3.05, 3.63) is 243 Å². The van der Waals surface area contributed by atoms with Crippen molar-refractivity contribution < 1.29 is 0 Å². The Morgan fingerprint density at radius 2 is 0.512 bits per heavy atom. The molecule has 0 amide bonds. The van der Waals surface area contributed by atoms with Crippen LogP contribution in [-0.4, -0.2) is 57.8 Å². The number of nitrogens with zero attached hydrogens (tertiary/aromatic N) is 12. The summed E-state index contributed by atoms with van der Waals surface area (Å²) in [5.74, 6) is 3.33. The molecule has 17 aromatic rings. The van der Waals surface area contributed by atoms with Crippen LogP contribution in [0, 0.1) is 0 Å². The molecule has 17 rings (SSSR count). The fourth-order valence-corrected chi connectivity index (χ4v) is 12.0. The van der Waals surface area contributed by atoms with Crippen LogP contribution in [0.2, 0.25) is 0 Å². The molecule has 0 aliphatic carbocycles. The molecule has 0 fully saturated rings. The molecule has 0 unspecified atom stereocenters. The van der Waals surface area contributed by atoms with Crippen molar-refractivity contribution in [2.75, 3.05) is 0 Å². The normalized spacial score (nSPS) is 12.0. The second-order valence-corrected chi connectivity index (χ2v) is 20.0. The van der Waals surface area contributed by atoms with Gasteiger partial charge in [0.25, 0.3) is 0 Å². The smallest absolute Gasteiger partial charge is 0.238 e. The maximum absolute atomic E-state index is 5.70. The molecule has 0 radical (unpaired) electrons. The molecule has 80 heavy (non-hydrogen) atoms. The van der Waals surface area contributed by atoms with Crippen LogP contribution >= 0.6 is 0 Å². The van der Waals surface area contributed by atoms with Crippen molar-refractivity contribution in [2.45, 2.75) is 0 Å². The summed E-state index contributed by atoms with van der Waals surface area (Å²) >= 11 is 0. The van der Waals surface area contributed by atoms with Crippen LogP contribution in [0.1, 0.15) is 0 Å². The molecule has 0 atom stereocenters. The van der Waals surface area contributed by atoms with Gasteiger partial charge in [0.15, 0.2) is 23.3 Å². The highest BCUT2D eigenvalue weighted by Crippen LogP contribution is 2.44. The molecule has 0 saturated heterocycles. The Labute approximate surface area is 454 Å². The molecule has 0 aliphatic rings. The molecule has 7 aromatic heterocycles. The zero-order chi connectivity index (χ0) is 52.4. The minimum Gasteiger partial charge on any atom is -0.291 e. The quantitative estimate of drug-likeness (QED) is 0.161. The van der Waals surface area contributed by atoms with Crippen LogP contribution in [-0.2, 0) is 0 Å². The van der Waals surface area contributed by atoms with Crippen LogP contribution in [0.4, 0.5) is 0 Å². The molecular weight excluding hydrogens is 985 g/mol. The van der Waals surface area contributed by atoms with Crippen molar-refractivity contribution in [3.8, 4) is 57.4 Å². The first kappa shape index (κ1) is 43.9. The van der Waals surface area contributed by atoms with Gasteiger partial charge in [-0.2, -0.15) is 19.9 Å². The van der Waals surface area contributed by atoms with Crippen molar-refractivity contribution in [3.63, 3.8) is 0 Å². The molecule has 12 nitrogen and oxygen atoms in total. The Hall–Kier alpha value is -11.2. The fraction of sp³-hybridized carbons (Fsp3) is 0. The van der Waals surface area contributed by atoms with Crippen LogP contribution in [0.3, 0.4) is 0 Å². The van der Waals surface area contributed by atoms with E-state index in [9.17, 15) is 0 Å². The van der Waals surface area contributed by atoms with Crippen LogP contribution < -0.4 is 0 Å². The predicted octanol–water partition coefficient (Wildman–Crippen LogP) is 15.4. The van der Waals surface area contributed by atoms with Gasteiger partial charge in [-0.05, 0) is 60.7 Å². The first-order valence-electron chi connectivity index (χ1n) is 26.5. The summed E-state index contributed by atoms with van der Waals surface area (Å²) in [6, 6.07) is 83.2. The highest BCUT2D eigenvalue weighted by Gasteiger charge is 2.26. The lowest BCUT2D eigenvalue weighted by Gasteiger charge is -2.13. The summed E-state index contributed by atoms with van der Waals surface area (Å²) in [6.45, 7) is 0. The van der Waals surface area contributed by atoms with Crippen LogP contribution in [0.5, 0.6) is 0 Å². The van der Waals surface area contributed by atoms with E-state index < -0.39 is 0 Å². The SMILES string of the molecule is c1ccc(-c2nc(-c3ccccc3)nc(-n3c4ccccc4c4c5c(ccc43)n3c4ccccc4nc3c3c4c6ccccc6n(-c6nc(-c7ccccc7)nc(-c7ccccc7)n6)c4ccc3n3c4ccccc4nc53)n2)cc1. The summed E-state index contributed by atoms with van der Waals surface area (Å²) in [5, 5.41) is 5.93. The number of aromatic nitrogens is 12. The Balaban J connectivity index is 1.05. The molecule has 372 valence electrons. The minimum atomic E-state index is 0.506. The molecule has 0 N–H and O–H groups in total. The molecule has 0 spiro atoms. The number of hydrogen-bond acceptors (Lipinski definition) is 8. The largest absolute Gasteiger partial charge is 0.291 e. The number of para-hydroxylation sites is 6. The second-order valence-electron chi connectivity index (χ2n) is 20.0. The molecule has 10 aromatic carbocycles. The van der Waals surface area contributed by atoms with Gasteiger partial charge >= 0.3 is 0 Å². The average molecular weight is 1030 g/mol. The minimum absolute atomic E-state index is 0.506. The number of imidazole rings is 2. The van der Waals surface area contributed by atoms with Gasteiger partial charge < -0.3 is 0 Å². The lowest BCUT2D eigenvalue weighted by Crippen LogP contribution is -2.06. The summed E-state index contributed by atoms with van der Waals surface area (Å²) in [5.41, 5.74) is 14.3. The van der Waals surface area contributed by atoms with Gasteiger partial charge in [-0.15, -0.1) is 0 Å². The van der Waals surface area contributed by atoms with E-state index in [0.29, 0.717) is 35.2 Å². The number of rotatable bonds is 6. The first-order chi connectivity index (χ1) is 39.7. The van der Waals surface area contributed by atoms with Crippen LogP contribution in [0.15, 0.2) is 243 Å². The van der Waals surface area contributed by atoms with E-state index in [1.54, 1.807) is 0 Å². The number of hydrogen-bond donors (Lipinski definition) is 0. The van der Waals surface area contributed by atoms with E-state index in [1.807, 2.05) is 121 Å². The Morgan fingerprint density at radius 1 is 0.212 bits per heavy atom. The van der Waals surface area contributed by atoms with Gasteiger partial charge in [0.2, 0.25) is 11.9 Å².